The van der Waals surface area contributed by atoms with Gasteiger partial charge in [-0.25, -0.2) is 0 Å². The van der Waals surface area contributed by atoms with Gasteiger partial charge in [0.25, 0.3) is 0 Å². The molecule has 0 radical (unpaired) electrons. The summed E-state index contributed by atoms with van der Waals surface area (Å²) in [7, 11) is 0. The van der Waals surface area contributed by atoms with Crippen LogP contribution in [0.25, 0.3) is 0 Å². The largest absolute Gasteiger partial charge is 0.396 e. The molecule has 0 aromatic carbocycles. The van der Waals surface area contributed by atoms with E-state index < -0.39 is 0 Å². The van der Waals surface area contributed by atoms with Gasteiger partial charge < -0.3 is 5.11 Å². The summed E-state index contributed by atoms with van der Waals surface area (Å²) in [5, 5.41) is 8.84. The van der Waals surface area contributed by atoms with E-state index in [4.69, 9.17) is 5.11 Å². The van der Waals surface area contributed by atoms with E-state index in [2.05, 4.69) is 27.7 Å². The van der Waals surface area contributed by atoms with Gasteiger partial charge in [-0.2, -0.15) is 0 Å². The maximum absolute atomic E-state index is 8.84. The molecule has 0 unspecified atom stereocenters. The summed E-state index contributed by atoms with van der Waals surface area (Å²) in [4.78, 5) is 0. The van der Waals surface area contributed by atoms with E-state index in [-0.39, 0.29) is 0 Å². The molecule has 0 rings (SSSR count). The van der Waals surface area contributed by atoms with E-state index in [0.29, 0.717) is 17.9 Å². The van der Waals surface area contributed by atoms with Crippen molar-refractivity contribution in [3.05, 3.63) is 0 Å². The van der Waals surface area contributed by atoms with E-state index >= 15 is 0 Å². The molecule has 1 heteroatoms. The van der Waals surface area contributed by atoms with Crippen LogP contribution in [0.2, 0.25) is 0 Å². The average Bonchev–Trinajstić information content (AvgIpc) is 2.03. The Morgan fingerprint density at radius 1 is 1.25 bits per heavy atom. The van der Waals surface area contributed by atoms with Gasteiger partial charge in [-0.05, 0) is 24.2 Å². The molecule has 0 aromatic heterocycles. The standard InChI is InChI=1S/C11H24O/c1-5-10(7-8-12)9-11(3,4)6-2/h10,12H,5-9H2,1-4H3/t10-/m0/s1. The highest BCUT2D eigenvalue weighted by Crippen LogP contribution is 2.31. The zero-order valence-corrected chi connectivity index (χ0v) is 9.06. The first-order chi connectivity index (χ1) is 5.55. The van der Waals surface area contributed by atoms with Crippen LogP contribution in [0.5, 0.6) is 0 Å². The summed E-state index contributed by atoms with van der Waals surface area (Å²) in [5.74, 6) is 0.713. The van der Waals surface area contributed by atoms with Gasteiger partial charge in [0.05, 0.1) is 0 Å². The van der Waals surface area contributed by atoms with E-state index in [1.165, 1.54) is 19.3 Å². The summed E-state index contributed by atoms with van der Waals surface area (Å²) in [5.41, 5.74) is 0.454. The van der Waals surface area contributed by atoms with Gasteiger partial charge in [-0.15, -0.1) is 0 Å². The molecule has 0 saturated carbocycles. The fourth-order valence-corrected chi connectivity index (χ4v) is 1.56. The van der Waals surface area contributed by atoms with Crippen LogP contribution in [0.15, 0.2) is 0 Å². The number of aliphatic hydroxyl groups excluding tert-OH is 1. The molecular weight excluding hydrogens is 148 g/mol. The highest BCUT2D eigenvalue weighted by Gasteiger charge is 2.19. The van der Waals surface area contributed by atoms with Crippen molar-refractivity contribution in [3.63, 3.8) is 0 Å². The van der Waals surface area contributed by atoms with Crippen molar-refractivity contribution >= 4 is 0 Å². The van der Waals surface area contributed by atoms with Crippen molar-refractivity contribution in [2.45, 2.75) is 53.4 Å². The lowest BCUT2D eigenvalue weighted by molar-refractivity contribution is 0.199. The van der Waals surface area contributed by atoms with Crippen LogP contribution in [0.4, 0.5) is 0 Å². The molecule has 0 bridgehead atoms. The van der Waals surface area contributed by atoms with Crippen LogP contribution >= 0.6 is 0 Å². The molecule has 0 aliphatic rings. The topological polar surface area (TPSA) is 20.2 Å². The van der Waals surface area contributed by atoms with E-state index in [1.54, 1.807) is 0 Å². The molecule has 74 valence electrons. The van der Waals surface area contributed by atoms with Crippen LogP contribution < -0.4 is 0 Å². The van der Waals surface area contributed by atoms with E-state index in [1.807, 2.05) is 0 Å². The summed E-state index contributed by atoms with van der Waals surface area (Å²) < 4.78 is 0. The van der Waals surface area contributed by atoms with Crippen LogP contribution in [0.3, 0.4) is 0 Å². The first-order valence-corrected chi connectivity index (χ1v) is 5.16. The van der Waals surface area contributed by atoms with Crippen LogP contribution in [0.1, 0.15) is 53.4 Å². The van der Waals surface area contributed by atoms with Crippen LogP contribution in [-0.4, -0.2) is 11.7 Å². The molecule has 1 N–H and O–H groups in total. The zero-order chi connectivity index (χ0) is 9.61. The SMILES string of the molecule is CC[C@@H](CCO)CC(C)(C)CC. The molecule has 0 aliphatic carbocycles. The molecule has 12 heavy (non-hydrogen) atoms. The molecule has 0 heterocycles. The van der Waals surface area contributed by atoms with Crippen LogP contribution in [0, 0.1) is 11.3 Å². The Balaban J connectivity index is 3.83. The first-order valence-electron chi connectivity index (χ1n) is 5.16. The van der Waals surface area contributed by atoms with E-state index in [0.717, 1.165) is 6.42 Å². The maximum Gasteiger partial charge on any atom is 0.0433 e. The van der Waals surface area contributed by atoms with Gasteiger partial charge >= 0.3 is 0 Å². The van der Waals surface area contributed by atoms with Gasteiger partial charge in [-0.3, -0.25) is 0 Å². The Bertz CT molecular complexity index is 108. The van der Waals surface area contributed by atoms with Gasteiger partial charge in [0.2, 0.25) is 0 Å². The van der Waals surface area contributed by atoms with Crippen molar-refractivity contribution in [1.29, 1.82) is 0 Å². The first kappa shape index (κ1) is 12.0. The third-order valence-corrected chi connectivity index (χ3v) is 2.91. The van der Waals surface area contributed by atoms with Crippen molar-refractivity contribution in [3.8, 4) is 0 Å². The maximum atomic E-state index is 8.84. The summed E-state index contributed by atoms with van der Waals surface area (Å²) >= 11 is 0. The third-order valence-electron chi connectivity index (χ3n) is 2.91. The lowest BCUT2D eigenvalue weighted by Crippen LogP contribution is -2.16. The summed E-state index contributed by atoms with van der Waals surface area (Å²) in [6.07, 6.45) is 4.65. The molecule has 0 aliphatic heterocycles. The highest BCUT2D eigenvalue weighted by atomic mass is 16.3. The fraction of sp³-hybridized carbons (Fsp3) is 1.00. The molecule has 0 fully saturated rings. The predicted molar refractivity (Wildman–Crippen MR) is 54.2 cm³/mol. The zero-order valence-electron chi connectivity index (χ0n) is 9.06. The molecule has 0 spiro atoms. The lowest BCUT2D eigenvalue weighted by atomic mass is 9.79. The second-order valence-corrected chi connectivity index (χ2v) is 4.51. The molecular formula is C11H24O. The molecule has 0 saturated heterocycles. The highest BCUT2D eigenvalue weighted by molar-refractivity contribution is 4.71. The number of hydrogen-bond acceptors (Lipinski definition) is 1. The minimum atomic E-state index is 0.346. The second-order valence-electron chi connectivity index (χ2n) is 4.51. The monoisotopic (exact) mass is 172 g/mol. The van der Waals surface area contributed by atoms with Crippen molar-refractivity contribution in [2.75, 3.05) is 6.61 Å². The fourth-order valence-electron chi connectivity index (χ4n) is 1.56. The van der Waals surface area contributed by atoms with E-state index in [9.17, 15) is 0 Å². The quantitative estimate of drug-likeness (QED) is 0.652. The Kier molecular flexibility index (Phi) is 5.56. The Morgan fingerprint density at radius 2 is 1.83 bits per heavy atom. The number of hydrogen-bond donors (Lipinski definition) is 1. The molecule has 1 atom stereocenters. The predicted octanol–water partition coefficient (Wildman–Crippen LogP) is 3.22. The average molecular weight is 172 g/mol. The Hall–Kier alpha value is -0.0400. The summed E-state index contributed by atoms with van der Waals surface area (Å²) in [6, 6.07) is 0. The van der Waals surface area contributed by atoms with Crippen molar-refractivity contribution in [2.24, 2.45) is 11.3 Å². The Labute approximate surface area is 77.2 Å². The smallest absolute Gasteiger partial charge is 0.0433 e. The van der Waals surface area contributed by atoms with Gasteiger partial charge in [0.15, 0.2) is 0 Å². The van der Waals surface area contributed by atoms with Crippen LogP contribution in [-0.2, 0) is 0 Å². The normalized spacial score (nSPS) is 14.8. The molecule has 1 nitrogen and oxygen atoms in total. The third kappa shape index (κ3) is 4.76. The second kappa shape index (κ2) is 5.58. The summed E-state index contributed by atoms with van der Waals surface area (Å²) in [6.45, 7) is 9.43. The van der Waals surface area contributed by atoms with Crippen molar-refractivity contribution < 1.29 is 5.11 Å². The minimum Gasteiger partial charge on any atom is -0.396 e. The minimum absolute atomic E-state index is 0.346. The van der Waals surface area contributed by atoms with Gasteiger partial charge in [-0.1, -0.05) is 40.5 Å². The van der Waals surface area contributed by atoms with Gasteiger partial charge in [0, 0.05) is 6.61 Å². The molecule has 0 amide bonds. The number of aliphatic hydroxyl groups is 1. The lowest BCUT2D eigenvalue weighted by Gasteiger charge is -2.27. The Morgan fingerprint density at radius 3 is 2.17 bits per heavy atom. The van der Waals surface area contributed by atoms with Crippen molar-refractivity contribution in [1.82, 2.24) is 0 Å². The van der Waals surface area contributed by atoms with Gasteiger partial charge in [0.1, 0.15) is 0 Å². The number of rotatable bonds is 6. The molecule has 0 aromatic rings.